The summed E-state index contributed by atoms with van der Waals surface area (Å²) >= 11 is 0. The zero-order valence-corrected chi connectivity index (χ0v) is 13.5. The number of carbonyl (C=O) groups is 2. The molecule has 2 aromatic carbocycles. The van der Waals surface area contributed by atoms with E-state index in [0.717, 1.165) is 11.1 Å². The van der Waals surface area contributed by atoms with Crippen molar-refractivity contribution >= 4 is 18.2 Å². The Morgan fingerprint density at radius 1 is 1.08 bits per heavy atom. The van der Waals surface area contributed by atoms with E-state index in [1.54, 1.807) is 0 Å². The Morgan fingerprint density at radius 3 is 2.36 bits per heavy atom. The van der Waals surface area contributed by atoms with Crippen LogP contribution in [0.25, 0.3) is 0 Å². The summed E-state index contributed by atoms with van der Waals surface area (Å²) < 4.78 is 5.00. The van der Waals surface area contributed by atoms with Gasteiger partial charge in [-0.2, -0.15) is 5.10 Å². The van der Waals surface area contributed by atoms with Crippen molar-refractivity contribution in [1.82, 2.24) is 10.7 Å². The van der Waals surface area contributed by atoms with Gasteiger partial charge in [0.1, 0.15) is 12.6 Å². The highest BCUT2D eigenvalue weighted by Gasteiger charge is 2.20. The average Bonchev–Trinajstić information content (AvgIpc) is 2.66. The lowest BCUT2D eigenvalue weighted by molar-refractivity contribution is -0.123. The van der Waals surface area contributed by atoms with Crippen molar-refractivity contribution in [3.05, 3.63) is 71.8 Å². The summed E-state index contributed by atoms with van der Waals surface area (Å²) in [6.07, 6.45) is 0.658. The molecular weight excluding hydrogens is 322 g/mol. The van der Waals surface area contributed by atoms with E-state index in [2.05, 4.69) is 15.8 Å². The number of amides is 2. The van der Waals surface area contributed by atoms with Gasteiger partial charge >= 0.3 is 6.09 Å². The van der Waals surface area contributed by atoms with Crippen LogP contribution in [0.2, 0.25) is 0 Å². The number of rotatable bonds is 7. The van der Waals surface area contributed by atoms with Crippen molar-refractivity contribution in [1.29, 1.82) is 0 Å². The van der Waals surface area contributed by atoms with Crippen LogP contribution in [0.3, 0.4) is 0 Å². The van der Waals surface area contributed by atoms with Gasteiger partial charge < -0.3 is 15.2 Å². The fourth-order valence-corrected chi connectivity index (χ4v) is 1.89. The molecule has 0 aliphatic rings. The van der Waals surface area contributed by atoms with Crippen molar-refractivity contribution in [2.24, 2.45) is 5.10 Å². The number of hydrogen-bond donors (Lipinski definition) is 3. The van der Waals surface area contributed by atoms with Gasteiger partial charge in [-0.1, -0.05) is 60.7 Å². The van der Waals surface area contributed by atoms with Gasteiger partial charge in [0.15, 0.2) is 0 Å². The maximum atomic E-state index is 11.9. The van der Waals surface area contributed by atoms with E-state index in [-0.39, 0.29) is 6.61 Å². The molecule has 130 valence electrons. The van der Waals surface area contributed by atoms with Gasteiger partial charge in [-0.05, 0) is 11.1 Å². The van der Waals surface area contributed by atoms with Crippen molar-refractivity contribution in [3.8, 4) is 0 Å². The van der Waals surface area contributed by atoms with Gasteiger partial charge in [-0.25, -0.2) is 10.2 Å². The van der Waals surface area contributed by atoms with Crippen LogP contribution in [-0.2, 0) is 16.1 Å². The Bertz CT molecular complexity index is 705. The van der Waals surface area contributed by atoms with Crippen LogP contribution in [0.15, 0.2) is 65.8 Å². The molecule has 0 aliphatic carbocycles. The summed E-state index contributed by atoms with van der Waals surface area (Å²) in [4.78, 5) is 23.6. The van der Waals surface area contributed by atoms with E-state index in [4.69, 9.17) is 4.74 Å². The van der Waals surface area contributed by atoms with Gasteiger partial charge in [0.25, 0.3) is 5.91 Å². The van der Waals surface area contributed by atoms with Crippen LogP contribution in [0.5, 0.6) is 0 Å². The molecule has 7 heteroatoms. The van der Waals surface area contributed by atoms with Gasteiger partial charge in [0.2, 0.25) is 0 Å². The first kappa shape index (κ1) is 18.2. The monoisotopic (exact) mass is 341 g/mol. The Balaban J connectivity index is 1.78. The molecule has 0 heterocycles. The number of nitrogens with zero attached hydrogens (tertiary/aromatic N) is 1. The number of aliphatic hydroxyl groups excluding tert-OH is 1. The van der Waals surface area contributed by atoms with Crippen molar-refractivity contribution < 1.29 is 19.4 Å². The lowest BCUT2D eigenvalue weighted by atomic mass is 10.2. The Hall–Kier alpha value is -3.19. The Labute approximate surface area is 145 Å². The molecular formula is C18H19N3O4. The summed E-state index contributed by atoms with van der Waals surface area (Å²) in [7, 11) is 0. The molecule has 1 unspecified atom stereocenters. The third kappa shape index (κ3) is 6.44. The van der Waals surface area contributed by atoms with Crippen LogP contribution >= 0.6 is 0 Å². The van der Waals surface area contributed by atoms with E-state index < -0.39 is 24.6 Å². The minimum Gasteiger partial charge on any atom is -0.445 e. The smallest absolute Gasteiger partial charge is 0.408 e. The first-order valence-corrected chi connectivity index (χ1v) is 7.65. The molecule has 3 N–H and O–H groups in total. The van der Waals surface area contributed by atoms with Crippen molar-refractivity contribution in [2.75, 3.05) is 6.61 Å². The molecule has 1 atom stereocenters. The van der Waals surface area contributed by atoms with Crippen molar-refractivity contribution in [3.63, 3.8) is 0 Å². The topological polar surface area (TPSA) is 100 Å². The molecule has 25 heavy (non-hydrogen) atoms. The first-order chi connectivity index (χ1) is 12.2. The second-order valence-corrected chi connectivity index (χ2v) is 5.09. The molecule has 0 saturated carbocycles. The molecule has 0 aromatic heterocycles. The molecule has 0 aliphatic heterocycles. The Kier molecular flexibility index (Phi) is 7.14. The maximum absolute atomic E-state index is 11.9. The number of hydrogen-bond acceptors (Lipinski definition) is 5. The largest absolute Gasteiger partial charge is 0.445 e. The van der Waals surface area contributed by atoms with Crippen molar-refractivity contribution in [2.45, 2.75) is 12.6 Å². The average molecular weight is 341 g/mol. The molecule has 7 nitrogen and oxygen atoms in total. The van der Waals surface area contributed by atoms with Crippen LogP contribution in [0.1, 0.15) is 11.1 Å². The molecule has 0 fully saturated rings. The lowest BCUT2D eigenvalue weighted by Crippen LogP contribution is -2.47. The number of hydrazone groups is 1. The molecule has 0 spiro atoms. The lowest BCUT2D eigenvalue weighted by Gasteiger charge is -2.14. The molecule has 0 saturated heterocycles. The molecule has 2 aromatic rings. The number of alkyl carbamates (subject to hydrolysis) is 1. The number of benzene rings is 2. The second-order valence-electron chi connectivity index (χ2n) is 5.09. The predicted octanol–water partition coefficient (Wildman–Crippen LogP) is 1.42. The highest BCUT2D eigenvalue weighted by Crippen LogP contribution is 2.00. The van der Waals surface area contributed by atoms with Crippen LogP contribution in [0, 0.1) is 0 Å². The summed E-state index contributed by atoms with van der Waals surface area (Å²) in [5, 5.41) is 15.3. The van der Waals surface area contributed by atoms with Crippen LogP contribution < -0.4 is 10.7 Å². The van der Waals surface area contributed by atoms with E-state index in [9.17, 15) is 14.7 Å². The summed E-state index contributed by atoms with van der Waals surface area (Å²) in [5.41, 5.74) is 3.88. The zero-order valence-electron chi connectivity index (χ0n) is 13.5. The molecule has 0 radical (unpaired) electrons. The minimum absolute atomic E-state index is 0.0681. The first-order valence-electron chi connectivity index (χ1n) is 7.65. The number of ether oxygens (including phenoxy) is 1. The normalized spacial score (nSPS) is 11.7. The summed E-state index contributed by atoms with van der Waals surface area (Å²) in [6, 6.07) is 17.1. The molecule has 2 amide bonds. The SMILES string of the molecule is O=C(NC(CO)C(=O)N/N=C/c1ccccc1)OCc1ccccc1. The van der Waals surface area contributed by atoms with E-state index >= 15 is 0 Å². The third-order valence-corrected chi connectivity index (χ3v) is 3.19. The van der Waals surface area contributed by atoms with E-state index in [0.29, 0.717) is 0 Å². The maximum Gasteiger partial charge on any atom is 0.408 e. The van der Waals surface area contributed by atoms with Gasteiger partial charge in [0.05, 0.1) is 12.8 Å². The number of aliphatic hydroxyl groups is 1. The fraction of sp³-hybridized carbons (Fsp3) is 0.167. The molecule has 2 rings (SSSR count). The summed E-state index contributed by atoms with van der Waals surface area (Å²) in [5.74, 6) is -0.647. The van der Waals surface area contributed by atoms with Gasteiger partial charge in [-0.3, -0.25) is 4.79 Å². The predicted molar refractivity (Wildman–Crippen MR) is 92.8 cm³/mol. The van der Waals surface area contributed by atoms with Crippen LogP contribution in [0.4, 0.5) is 4.79 Å². The minimum atomic E-state index is -1.16. The zero-order chi connectivity index (χ0) is 17.9. The fourth-order valence-electron chi connectivity index (χ4n) is 1.89. The quantitative estimate of drug-likeness (QED) is 0.524. The highest BCUT2D eigenvalue weighted by atomic mass is 16.5. The van der Waals surface area contributed by atoms with E-state index in [1.807, 2.05) is 60.7 Å². The van der Waals surface area contributed by atoms with E-state index in [1.165, 1.54) is 6.21 Å². The highest BCUT2D eigenvalue weighted by molar-refractivity contribution is 5.87. The standard InChI is InChI=1S/C18H19N3O4/c22-12-16(17(23)21-19-11-14-7-3-1-4-8-14)20-18(24)25-13-15-9-5-2-6-10-15/h1-11,16,22H,12-13H2,(H,20,24)(H,21,23)/b19-11+. The van der Waals surface area contributed by atoms with Gasteiger partial charge in [-0.15, -0.1) is 0 Å². The third-order valence-electron chi connectivity index (χ3n) is 3.19. The van der Waals surface area contributed by atoms with Crippen LogP contribution in [-0.4, -0.2) is 36.0 Å². The van der Waals surface area contributed by atoms with Gasteiger partial charge in [0, 0.05) is 0 Å². The second kappa shape index (κ2) is 9.84. The molecule has 0 bridgehead atoms. The number of carbonyl (C=O) groups excluding carboxylic acids is 2. The number of nitrogens with one attached hydrogen (secondary N) is 2. The Morgan fingerprint density at radius 2 is 1.72 bits per heavy atom. The summed E-state index contributed by atoms with van der Waals surface area (Å²) in [6.45, 7) is -0.508.